The molecular formula is C16H21N3. The van der Waals surface area contributed by atoms with Crippen LogP contribution in [-0.2, 0) is 0 Å². The lowest BCUT2D eigenvalue weighted by molar-refractivity contribution is 0.797. The van der Waals surface area contributed by atoms with Crippen LogP contribution in [0.1, 0.15) is 36.9 Å². The van der Waals surface area contributed by atoms with Gasteiger partial charge in [0.2, 0.25) is 0 Å². The number of hydrogen-bond acceptors (Lipinski definition) is 3. The molecule has 2 aromatic rings. The van der Waals surface area contributed by atoms with Crippen LogP contribution in [0.3, 0.4) is 0 Å². The van der Waals surface area contributed by atoms with Crippen molar-refractivity contribution in [1.82, 2.24) is 4.98 Å². The van der Waals surface area contributed by atoms with Crippen LogP contribution in [-0.4, -0.2) is 18.1 Å². The first-order chi connectivity index (χ1) is 9.16. The molecule has 2 heterocycles. The summed E-state index contributed by atoms with van der Waals surface area (Å²) in [6, 6.07) is 8.56. The zero-order valence-electron chi connectivity index (χ0n) is 11.7. The number of nitrogens with two attached hydrogens (primary N) is 1. The molecule has 0 amide bonds. The topological polar surface area (TPSA) is 42.1 Å². The number of fused-ring (bicyclic) bond motifs is 1. The van der Waals surface area contributed by atoms with Gasteiger partial charge in [0.25, 0.3) is 0 Å². The van der Waals surface area contributed by atoms with E-state index in [9.17, 15) is 0 Å². The lowest BCUT2D eigenvalue weighted by atomic mass is 10.0. The Labute approximate surface area is 114 Å². The number of aromatic nitrogens is 1. The van der Waals surface area contributed by atoms with Crippen molar-refractivity contribution in [2.75, 3.05) is 18.0 Å². The highest BCUT2D eigenvalue weighted by atomic mass is 15.2. The van der Waals surface area contributed by atoms with Crippen LogP contribution in [0.15, 0.2) is 24.3 Å². The molecule has 0 bridgehead atoms. The van der Waals surface area contributed by atoms with E-state index in [-0.39, 0.29) is 6.04 Å². The maximum absolute atomic E-state index is 6.14. The molecule has 2 N–H and O–H groups in total. The van der Waals surface area contributed by atoms with Gasteiger partial charge in [-0.25, -0.2) is 4.98 Å². The van der Waals surface area contributed by atoms with Crippen molar-refractivity contribution in [2.24, 2.45) is 5.73 Å². The Morgan fingerprint density at radius 1 is 1.26 bits per heavy atom. The second-order valence-electron chi connectivity index (χ2n) is 5.53. The van der Waals surface area contributed by atoms with Crippen LogP contribution in [0.4, 0.5) is 5.82 Å². The number of para-hydroxylation sites is 1. The normalized spacial score (nSPS) is 17.1. The van der Waals surface area contributed by atoms with E-state index in [4.69, 9.17) is 10.7 Å². The van der Waals surface area contributed by atoms with Gasteiger partial charge in [-0.05, 0) is 38.3 Å². The zero-order chi connectivity index (χ0) is 13.4. The third-order valence-corrected chi connectivity index (χ3v) is 3.95. The molecule has 3 rings (SSSR count). The highest BCUT2D eigenvalue weighted by Gasteiger charge is 2.20. The van der Waals surface area contributed by atoms with Crippen molar-refractivity contribution in [3.05, 3.63) is 35.4 Å². The van der Waals surface area contributed by atoms with Crippen LogP contribution < -0.4 is 10.6 Å². The van der Waals surface area contributed by atoms with Crippen molar-refractivity contribution >= 4 is 16.7 Å². The number of anilines is 1. The molecule has 1 fully saturated rings. The highest BCUT2D eigenvalue weighted by Crippen LogP contribution is 2.30. The number of benzene rings is 1. The number of pyridine rings is 1. The Hall–Kier alpha value is -1.61. The Balaban J connectivity index is 2.21. The summed E-state index contributed by atoms with van der Waals surface area (Å²) in [5.74, 6) is 1.09. The maximum Gasteiger partial charge on any atom is 0.134 e. The minimum absolute atomic E-state index is 0.0213. The van der Waals surface area contributed by atoms with Gasteiger partial charge in [-0.1, -0.05) is 18.2 Å². The fourth-order valence-electron chi connectivity index (χ4n) is 2.87. The first-order valence-electron chi connectivity index (χ1n) is 7.07. The van der Waals surface area contributed by atoms with Crippen molar-refractivity contribution in [1.29, 1.82) is 0 Å². The minimum atomic E-state index is 0.0213. The predicted octanol–water partition coefficient (Wildman–Crippen LogP) is 3.16. The minimum Gasteiger partial charge on any atom is -0.356 e. The third kappa shape index (κ3) is 2.19. The molecule has 3 heteroatoms. The molecule has 100 valence electrons. The van der Waals surface area contributed by atoms with E-state index in [0.29, 0.717) is 0 Å². The van der Waals surface area contributed by atoms with Gasteiger partial charge in [0.15, 0.2) is 0 Å². The molecule has 1 aromatic carbocycles. The number of hydrogen-bond donors (Lipinski definition) is 1. The predicted molar refractivity (Wildman–Crippen MR) is 80.5 cm³/mol. The second-order valence-corrected chi connectivity index (χ2v) is 5.53. The SMILES string of the molecule is Cc1cccc2cc(C(C)N)c(N3CCCC3)nc12. The van der Waals surface area contributed by atoms with Crippen molar-refractivity contribution in [2.45, 2.75) is 32.7 Å². The van der Waals surface area contributed by atoms with E-state index in [1.807, 2.05) is 6.92 Å². The molecule has 1 aliphatic heterocycles. The zero-order valence-corrected chi connectivity index (χ0v) is 11.7. The number of aryl methyl sites for hydroxylation is 1. The summed E-state index contributed by atoms with van der Waals surface area (Å²) in [5, 5.41) is 1.19. The van der Waals surface area contributed by atoms with E-state index in [1.165, 1.54) is 29.4 Å². The fraction of sp³-hybridized carbons (Fsp3) is 0.438. The van der Waals surface area contributed by atoms with Crippen LogP contribution in [0, 0.1) is 6.92 Å². The van der Waals surface area contributed by atoms with Gasteiger partial charge in [0.1, 0.15) is 5.82 Å². The quantitative estimate of drug-likeness (QED) is 0.896. The molecule has 19 heavy (non-hydrogen) atoms. The Morgan fingerprint density at radius 2 is 2.00 bits per heavy atom. The van der Waals surface area contributed by atoms with Gasteiger partial charge in [-0.3, -0.25) is 0 Å². The van der Waals surface area contributed by atoms with Crippen LogP contribution in [0.2, 0.25) is 0 Å². The molecule has 1 aliphatic rings. The standard InChI is InChI=1S/C16H21N3/c1-11-6-5-7-13-10-14(12(2)17)16(18-15(11)13)19-8-3-4-9-19/h5-7,10,12H,3-4,8-9,17H2,1-2H3. The molecule has 0 aliphatic carbocycles. The molecule has 1 aromatic heterocycles. The van der Waals surface area contributed by atoms with Crippen molar-refractivity contribution < 1.29 is 0 Å². The average Bonchev–Trinajstić information content (AvgIpc) is 2.91. The molecule has 0 saturated carbocycles. The van der Waals surface area contributed by atoms with Gasteiger partial charge < -0.3 is 10.6 Å². The Kier molecular flexibility index (Phi) is 3.15. The van der Waals surface area contributed by atoms with Gasteiger partial charge in [0, 0.05) is 30.1 Å². The molecule has 1 atom stereocenters. The molecule has 1 unspecified atom stereocenters. The van der Waals surface area contributed by atoms with Crippen LogP contribution in [0.5, 0.6) is 0 Å². The largest absolute Gasteiger partial charge is 0.356 e. The summed E-state index contributed by atoms with van der Waals surface area (Å²) in [4.78, 5) is 7.30. The summed E-state index contributed by atoms with van der Waals surface area (Å²) < 4.78 is 0. The second kappa shape index (κ2) is 4.82. The first-order valence-corrected chi connectivity index (χ1v) is 7.07. The molecular weight excluding hydrogens is 234 g/mol. The summed E-state index contributed by atoms with van der Waals surface area (Å²) in [6.45, 7) is 6.36. The van der Waals surface area contributed by atoms with Crippen molar-refractivity contribution in [3.63, 3.8) is 0 Å². The average molecular weight is 255 g/mol. The van der Waals surface area contributed by atoms with Crippen LogP contribution >= 0.6 is 0 Å². The summed E-state index contributed by atoms with van der Waals surface area (Å²) in [5.41, 5.74) is 9.65. The van der Waals surface area contributed by atoms with E-state index in [0.717, 1.165) is 24.4 Å². The molecule has 1 saturated heterocycles. The van der Waals surface area contributed by atoms with Gasteiger partial charge in [0.05, 0.1) is 5.52 Å². The molecule has 0 spiro atoms. The molecule has 3 nitrogen and oxygen atoms in total. The smallest absolute Gasteiger partial charge is 0.134 e. The summed E-state index contributed by atoms with van der Waals surface area (Å²) in [6.07, 6.45) is 2.51. The lowest BCUT2D eigenvalue weighted by Crippen LogP contribution is -2.23. The number of nitrogens with zero attached hydrogens (tertiary/aromatic N) is 2. The van der Waals surface area contributed by atoms with E-state index < -0.39 is 0 Å². The maximum atomic E-state index is 6.14. The monoisotopic (exact) mass is 255 g/mol. The summed E-state index contributed by atoms with van der Waals surface area (Å²) >= 11 is 0. The fourth-order valence-corrected chi connectivity index (χ4v) is 2.87. The van der Waals surface area contributed by atoms with E-state index in [2.05, 4.69) is 36.1 Å². The van der Waals surface area contributed by atoms with Crippen molar-refractivity contribution in [3.8, 4) is 0 Å². The van der Waals surface area contributed by atoms with Gasteiger partial charge >= 0.3 is 0 Å². The van der Waals surface area contributed by atoms with Gasteiger partial charge in [-0.15, -0.1) is 0 Å². The highest BCUT2D eigenvalue weighted by molar-refractivity contribution is 5.84. The third-order valence-electron chi connectivity index (χ3n) is 3.95. The van der Waals surface area contributed by atoms with E-state index in [1.54, 1.807) is 0 Å². The Bertz CT molecular complexity index is 598. The molecule has 0 radical (unpaired) electrons. The van der Waals surface area contributed by atoms with E-state index >= 15 is 0 Å². The first kappa shape index (κ1) is 12.4. The Morgan fingerprint density at radius 3 is 2.68 bits per heavy atom. The number of rotatable bonds is 2. The van der Waals surface area contributed by atoms with Gasteiger partial charge in [-0.2, -0.15) is 0 Å². The van der Waals surface area contributed by atoms with Crippen LogP contribution in [0.25, 0.3) is 10.9 Å². The summed E-state index contributed by atoms with van der Waals surface area (Å²) in [7, 11) is 0. The lowest BCUT2D eigenvalue weighted by Gasteiger charge is -2.22.